The van der Waals surface area contributed by atoms with Gasteiger partial charge >= 0.3 is 0 Å². The Hall–Kier alpha value is -4.82. The molecule has 0 spiro atoms. The molecular weight excluding hydrogens is 520 g/mol. The van der Waals surface area contributed by atoms with E-state index in [1.807, 2.05) is 0 Å². The molecule has 0 bridgehead atoms. The van der Waals surface area contributed by atoms with Crippen molar-refractivity contribution in [1.29, 1.82) is 0 Å². The minimum atomic E-state index is -0.0485. The van der Waals surface area contributed by atoms with Crippen LogP contribution in [0.2, 0.25) is 0 Å². The standard InChI is InChI=1S/C41H36N2/c1-7-12-37-27(4)31-23-32-29-13-8-10-15-34(29)41(5,6)35(32)24-40(31)42(37)28-18-20-39-33(22-28)30-14-9-11-16-38(30)43(39)36-19-17-25(2)21-26(36)3/h7-24H,1-6H3/b12-7-. The summed E-state index contributed by atoms with van der Waals surface area (Å²) in [5, 5.41) is 3.86. The third kappa shape index (κ3) is 3.53. The van der Waals surface area contributed by atoms with Gasteiger partial charge in [0.2, 0.25) is 0 Å². The molecule has 0 N–H and O–H groups in total. The van der Waals surface area contributed by atoms with E-state index in [1.165, 1.54) is 88.7 Å². The lowest BCUT2D eigenvalue weighted by molar-refractivity contribution is 0.661. The molecule has 0 radical (unpaired) electrons. The first kappa shape index (κ1) is 25.9. The highest BCUT2D eigenvalue weighted by Crippen LogP contribution is 2.50. The molecule has 5 aromatic carbocycles. The van der Waals surface area contributed by atoms with Gasteiger partial charge < -0.3 is 9.13 Å². The number of aromatic nitrogens is 2. The van der Waals surface area contributed by atoms with E-state index in [0.717, 1.165) is 0 Å². The highest BCUT2D eigenvalue weighted by atomic mass is 15.0. The van der Waals surface area contributed by atoms with E-state index in [2.05, 4.69) is 160 Å². The molecule has 0 saturated carbocycles. The Morgan fingerprint density at radius 1 is 0.605 bits per heavy atom. The Bertz CT molecular complexity index is 2300. The number of rotatable bonds is 3. The summed E-state index contributed by atoms with van der Waals surface area (Å²) in [7, 11) is 0. The number of benzene rings is 5. The molecule has 0 unspecified atom stereocenters. The second-order valence-electron chi connectivity index (χ2n) is 12.8. The normalized spacial score (nSPS) is 13.9. The van der Waals surface area contributed by atoms with E-state index in [-0.39, 0.29) is 5.41 Å². The zero-order valence-corrected chi connectivity index (χ0v) is 25.8. The summed E-state index contributed by atoms with van der Waals surface area (Å²) in [5.74, 6) is 0. The molecule has 0 amide bonds. The van der Waals surface area contributed by atoms with Gasteiger partial charge in [-0.3, -0.25) is 0 Å². The van der Waals surface area contributed by atoms with Crippen LogP contribution >= 0.6 is 0 Å². The number of allylic oxidation sites excluding steroid dienone is 1. The van der Waals surface area contributed by atoms with Crippen LogP contribution in [-0.4, -0.2) is 9.13 Å². The molecular formula is C41H36N2. The van der Waals surface area contributed by atoms with Gasteiger partial charge in [-0.15, -0.1) is 0 Å². The van der Waals surface area contributed by atoms with Crippen LogP contribution in [0.1, 0.15) is 54.3 Å². The molecule has 2 nitrogen and oxygen atoms in total. The van der Waals surface area contributed by atoms with E-state index >= 15 is 0 Å². The molecule has 0 atom stereocenters. The lowest BCUT2D eigenvalue weighted by Crippen LogP contribution is -2.15. The minimum Gasteiger partial charge on any atom is -0.310 e. The van der Waals surface area contributed by atoms with Crippen molar-refractivity contribution in [1.82, 2.24) is 9.13 Å². The second kappa shape index (κ2) is 9.09. The number of nitrogens with zero attached hydrogens (tertiary/aromatic N) is 2. The zero-order valence-electron chi connectivity index (χ0n) is 25.8. The topological polar surface area (TPSA) is 9.86 Å². The highest BCUT2D eigenvalue weighted by molar-refractivity contribution is 6.10. The van der Waals surface area contributed by atoms with Gasteiger partial charge in [0.1, 0.15) is 0 Å². The predicted octanol–water partition coefficient (Wildman–Crippen LogP) is 11.0. The minimum absolute atomic E-state index is 0.0485. The van der Waals surface area contributed by atoms with E-state index in [4.69, 9.17) is 0 Å². The zero-order chi connectivity index (χ0) is 29.6. The first-order valence-electron chi connectivity index (χ1n) is 15.3. The number of aryl methyl sites for hydroxylation is 3. The van der Waals surface area contributed by atoms with Crippen molar-refractivity contribution < 1.29 is 0 Å². The summed E-state index contributed by atoms with van der Waals surface area (Å²) >= 11 is 0. The molecule has 2 aromatic heterocycles. The number of fused-ring (bicyclic) bond motifs is 7. The quantitative estimate of drug-likeness (QED) is 0.205. The summed E-state index contributed by atoms with van der Waals surface area (Å²) in [5.41, 5.74) is 16.8. The van der Waals surface area contributed by atoms with Crippen molar-refractivity contribution >= 4 is 38.8 Å². The molecule has 43 heavy (non-hydrogen) atoms. The van der Waals surface area contributed by atoms with Crippen molar-refractivity contribution in [3.05, 3.63) is 137 Å². The molecule has 0 fully saturated rings. The molecule has 2 heterocycles. The van der Waals surface area contributed by atoms with Crippen molar-refractivity contribution in [2.24, 2.45) is 0 Å². The van der Waals surface area contributed by atoms with Crippen LogP contribution in [0.15, 0.2) is 103 Å². The average molecular weight is 557 g/mol. The second-order valence-corrected chi connectivity index (χ2v) is 12.8. The third-order valence-electron chi connectivity index (χ3n) is 9.80. The van der Waals surface area contributed by atoms with Crippen LogP contribution in [-0.2, 0) is 5.41 Å². The maximum Gasteiger partial charge on any atom is 0.0542 e. The first-order valence-corrected chi connectivity index (χ1v) is 15.3. The molecule has 2 heteroatoms. The molecule has 0 aliphatic heterocycles. The highest BCUT2D eigenvalue weighted by Gasteiger charge is 2.36. The molecule has 8 rings (SSSR count). The smallest absolute Gasteiger partial charge is 0.0542 e. The fourth-order valence-corrected chi connectivity index (χ4v) is 7.71. The van der Waals surface area contributed by atoms with Crippen molar-refractivity contribution in [2.45, 2.75) is 47.0 Å². The molecule has 1 aliphatic carbocycles. The first-order chi connectivity index (χ1) is 20.8. The van der Waals surface area contributed by atoms with Crippen LogP contribution in [0.5, 0.6) is 0 Å². The maximum atomic E-state index is 2.48. The largest absolute Gasteiger partial charge is 0.310 e. The predicted molar refractivity (Wildman–Crippen MR) is 184 cm³/mol. The van der Waals surface area contributed by atoms with E-state index in [9.17, 15) is 0 Å². The summed E-state index contributed by atoms with van der Waals surface area (Å²) < 4.78 is 4.91. The van der Waals surface area contributed by atoms with Gasteiger partial charge in [0.25, 0.3) is 0 Å². The van der Waals surface area contributed by atoms with Gasteiger partial charge in [0.05, 0.1) is 16.6 Å². The third-order valence-corrected chi connectivity index (χ3v) is 9.80. The van der Waals surface area contributed by atoms with Crippen LogP contribution in [0.4, 0.5) is 0 Å². The van der Waals surface area contributed by atoms with Crippen LogP contribution in [0.25, 0.3) is 61.3 Å². The lowest BCUT2D eigenvalue weighted by atomic mass is 9.82. The number of hydrogen-bond acceptors (Lipinski definition) is 0. The summed E-state index contributed by atoms with van der Waals surface area (Å²) in [4.78, 5) is 0. The Balaban J connectivity index is 1.43. The van der Waals surface area contributed by atoms with E-state index in [1.54, 1.807) is 0 Å². The van der Waals surface area contributed by atoms with Gasteiger partial charge in [0.15, 0.2) is 0 Å². The SMILES string of the molecule is C/C=C\c1c(C)c2cc3c(cc2n1-c1ccc2c(c1)c1ccccc1n2-c1ccc(C)cc1C)C(C)(C)c1ccccc1-3. The Labute approximate surface area is 253 Å². The number of para-hydroxylation sites is 1. The van der Waals surface area contributed by atoms with Crippen molar-refractivity contribution in [3.8, 4) is 22.5 Å². The van der Waals surface area contributed by atoms with Crippen LogP contribution in [0, 0.1) is 20.8 Å². The van der Waals surface area contributed by atoms with Crippen molar-refractivity contribution in [2.75, 3.05) is 0 Å². The van der Waals surface area contributed by atoms with E-state index < -0.39 is 0 Å². The van der Waals surface area contributed by atoms with Gasteiger partial charge in [-0.25, -0.2) is 0 Å². The Morgan fingerprint density at radius 2 is 1.37 bits per heavy atom. The average Bonchev–Trinajstić information content (AvgIpc) is 3.56. The lowest BCUT2D eigenvalue weighted by Gasteiger charge is -2.21. The fraction of sp³-hybridized carbons (Fsp3) is 0.171. The molecule has 210 valence electrons. The van der Waals surface area contributed by atoms with Crippen molar-refractivity contribution in [3.63, 3.8) is 0 Å². The fourth-order valence-electron chi connectivity index (χ4n) is 7.71. The molecule has 7 aromatic rings. The Morgan fingerprint density at radius 3 is 2.19 bits per heavy atom. The van der Waals surface area contributed by atoms with E-state index in [0.29, 0.717) is 0 Å². The number of hydrogen-bond donors (Lipinski definition) is 0. The van der Waals surface area contributed by atoms with Gasteiger partial charge in [0, 0.05) is 38.6 Å². The summed E-state index contributed by atoms with van der Waals surface area (Å²) in [6, 6.07) is 36.4. The van der Waals surface area contributed by atoms with Gasteiger partial charge in [-0.1, -0.05) is 80.1 Å². The monoisotopic (exact) mass is 556 g/mol. The Kier molecular flexibility index (Phi) is 5.46. The molecule has 1 aliphatic rings. The van der Waals surface area contributed by atoms with Gasteiger partial charge in [-0.05, 0) is 110 Å². The maximum absolute atomic E-state index is 2.48. The van der Waals surface area contributed by atoms with Crippen LogP contribution in [0.3, 0.4) is 0 Å². The van der Waals surface area contributed by atoms with Crippen LogP contribution < -0.4 is 0 Å². The van der Waals surface area contributed by atoms with Gasteiger partial charge in [-0.2, -0.15) is 0 Å². The molecule has 0 saturated heterocycles. The summed E-state index contributed by atoms with van der Waals surface area (Å²) in [6.07, 6.45) is 4.43. The summed E-state index contributed by atoms with van der Waals surface area (Å²) in [6.45, 7) is 13.5.